The number of halogens is 4. The maximum absolute atomic E-state index is 13.3. The highest BCUT2D eigenvalue weighted by Crippen LogP contribution is 2.48. The first-order valence-corrected chi connectivity index (χ1v) is 20.9. The fourth-order valence-electron chi connectivity index (χ4n) is 7.05. The van der Waals surface area contributed by atoms with E-state index in [9.17, 15) is 19.8 Å². The van der Waals surface area contributed by atoms with Crippen molar-refractivity contribution in [1.82, 2.24) is 9.80 Å². The number of hydrogen-bond donors (Lipinski definition) is 2. The number of carbonyl (C=O) groups is 2. The number of aliphatic hydroxyl groups is 2. The largest absolute Gasteiger partial charge is 0.394 e. The number of piperidine rings is 2. The van der Waals surface area contributed by atoms with Crippen LogP contribution in [0.1, 0.15) is 49.7 Å². The number of nitrogens with zero attached hydrogens (tertiary/aromatic N) is 2. The van der Waals surface area contributed by atoms with Gasteiger partial charge in [0, 0.05) is 55.1 Å². The zero-order valence-corrected chi connectivity index (χ0v) is 34.5. The van der Waals surface area contributed by atoms with Crippen molar-refractivity contribution in [3.63, 3.8) is 0 Å². The standard InChI is InChI=1S/C42H40Br2Cl2N2O4S/c43-33-13-3-1-11-31(33)39-27(17-21-37(51)47-23-7-5-9-29(47)25-49)15-19-35(41(39)45)53-36-20-16-28(40(42(36)46)32-12-2-4-14-34(32)44)18-22-38(52)48-24-8-6-10-30(48)26-50/h1-4,11-22,29-30,49-50H,5-10,23-26H2. The van der Waals surface area contributed by atoms with Gasteiger partial charge in [-0.1, -0.05) is 115 Å². The van der Waals surface area contributed by atoms with Crippen LogP contribution in [-0.2, 0) is 9.59 Å². The van der Waals surface area contributed by atoms with E-state index < -0.39 is 0 Å². The van der Waals surface area contributed by atoms with Crippen molar-refractivity contribution >= 4 is 90.8 Å². The molecule has 0 aliphatic carbocycles. The van der Waals surface area contributed by atoms with Gasteiger partial charge < -0.3 is 20.0 Å². The molecule has 6 rings (SSSR count). The molecule has 0 saturated carbocycles. The number of amides is 2. The van der Waals surface area contributed by atoms with E-state index in [1.54, 1.807) is 34.1 Å². The summed E-state index contributed by atoms with van der Waals surface area (Å²) in [6.07, 6.45) is 12.2. The van der Waals surface area contributed by atoms with Gasteiger partial charge in [-0.25, -0.2) is 0 Å². The van der Waals surface area contributed by atoms with E-state index in [1.165, 1.54) is 11.8 Å². The van der Waals surface area contributed by atoms with Gasteiger partial charge in [-0.3, -0.25) is 9.59 Å². The van der Waals surface area contributed by atoms with Gasteiger partial charge in [0.25, 0.3) is 0 Å². The van der Waals surface area contributed by atoms with Crippen molar-refractivity contribution in [1.29, 1.82) is 0 Å². The van der Waals surface area contributed by atoms with Gasteiger partial charge in [0.05, 0.1) is 35.3 Å². The second-order valence-corrected chi connectivity index (χ2v) is 16.7. The van der Waals surface area contributed by atoms with E-state index in [4.69, 9.17) is 23.2 Å². The van der Waals surface area contributed by atoms with Crippen molar-refractivity contribution in [2.24, 2.45) is 0 Å². The summed E-state index contributed by atoms with van der Waals surface area (Å²) >= 11 is 23.5. The molecule has 0 aromatic heterocycles. The molecule has 0 bridgehead atoms. The third kappa shape index (κ3) is 9.16. The van der Waals surface area contributed by atoms with Crippen LogP contribution in [0.3, 0.4) is 0 Å². The van der Waals surface area contributed by atoms with E-state index >= 15 is 0 Å². The van der Waals surface area contributed by atoms with Crippen molar-refractivity contribution in [2.45, 2.75) is 60.4 Å². The first-order chi connectivity index (χ1) is 25.7. The molecule has 6 nitrogen and oxygen atoms in total. The highest BCUT2D eigenvalue weighted by molar-refractivity contribution is 9.11. The van der Waals surface area contributed by atoms with Crippen LogP contribution in [-0.4, -0.2) is 70.2 Å². The number of likely N-dealkylation sites (tertiary alicyclic amines) is 2. The summed E-state index contributed by atoms with van der Waals surface area (Å²) in [5, 5.41) is 20.8. The minimum absolute atomic E-state index is 0.0515. The van der Waals surface area contributed by atoms with Crippen LogP contribution >= 0.6 is 66.8 Å². The van der Waals surface area contributed by atoms with Crippen LogP contribution in [0.2, 0.25) is 10.0 Å². The van der Waals surface area contributed by atoms with Gasteiger partial charge in [-0.2, -0.15) is 0 Å². The molecular weight excluding hydrogens is 859 g/mol. The zero-order valence-electron chi connectivity index (χ0n) is 29.0. The molecule has 2 heterocycles. The van der Waals surface area contributed by atoms with E-state index in [-0.39, 0.29) is 37.1 Å². The van der Waals surface area contributed by atoms with Crippen molar-refractivity contribution in [2.75, 3.05) is 26.3 Å². The number of aliphatic hydroxyl groups excluding tert-OH is 2. The van der Waals surface area contributed by atoms with Crippen LogP contribution < -0.4 is 0 Å². The molecule has 0 spiro atoms. The minimum Gasteiger partial charge on any atom is -0.394 e. The number of benzene rings is 4. The highest BCUT2D eigenvalue weighted by Gasteiger charge is 2.26. The average Bonchev–Trinajstić information content (AvgIpc) is 3.18. The molecule has 11 heteroatoms. The van der Waals surface area contributed by atoms with Gasteiger partial charge in [0.15, 0.2) is 0 Å². The Bertz CT molecular complexity index is 1900. The summed E-state index contributed by atoms with van der Waals surface area (Å²) in [7, 11) is 0. The Morgan fingerprint density at radius 2 is 1.08 bits per heavy atom. The molecule has 2 fully saturated rings. The quantitative estimate of drug-likeness (QED) is 0.155. The highest BCUT2D eigenvalue weighted by atomic mass is 79.9. The van der Waals surface area contributed by atoms with Crippen molar-refractivity contribution in [3.8, 4) is 22.3 Å². The summed E-state index contributed by atoms with van der Waals surface area (Å²) in [6.45, 7) is 1.14. The summed E-state index contributed by atoms with van der Waals surface area (Å²) in [6, 6.07) is 23.1. The lowest BCUT2D eigenvalue weighted by Gasteiger charge is -2.33. The smallest absolute Gasteiger partial charge is 0.246 e. The Hall–Kier alpha value is -2.89. The van der Waals surface area contributed by atoms with Gasteiger partial charge in [0.1, 0.15) is 0 Å². The van der Waals surface area contributed by atoms with Crippen molar-refractivity contribution < 1.29 is 19.8 Å². The lowest BCUT2D eigenvalue weighted by atomic mass is 9.98. The number of carbonyl (C=O) groups excluding carboxylic acids is 2. The predicted octanol–water partition coefficient (Wildman–Crippen LogP) is 10.8. The lowest BCUT2D eigenvalue weighted by molar-refractivity contribution is -0.131. The van der Waals surface area contributed by atoms with Crippen LogP contribution in [0.5, 0.6) is 0 Å². The van der Waals surface area contributed by atoms with Gasteiger partial charge in [-0.15, -0.1) is 0 Å². The zero-order chi connectivity index (χ0) is 37.5. The molecule has 2 aliphatic heterocycles. The first kappa shape index (κ1) is 39.8. The summed E-state index contributed by atoms with van der Waals surface area (Å²) in [5.41, 5.74) is 4.84. The molecule has 2 N–H and O–H groups in total. The van der Waals surface area contributed by atoms with Crippen LogP contribution in [0.15, 0.2) is 104 Å². The summed E-state index contributed by atoms with van der Waals surface area (Å²) in [5.74, 6) is -0.273. The Morgan fingerprint density at radius 1 is 0.660 bits per heavy atom. The van der Waals surface area contributed by atoms with Gasteiger partial charge in [-0.05, 0) is 97.2 Å². The van der Waals surface area contributed by atoms with Gasteiger partial charge >= 0.3 is 0 Å². The molecule has 4 aromatic carbocycles. The third-order valence-corrected chi connectivity index (χ3v) is 13.3. The Kier molecular flexibility index (Phi) is 14.0. The van der Waals surface area contributed by atoms with E-state index in [0.717, 1.165) is 90.6 Å². The molecule has 2 atom stereocenters. The van der Waals surface area contributed by atoms with Crippen LogP contribution in [0.25, 0.3) is 34.4 Å². The molecule has 4 aromatic rings. The summed E-state index contributed by atoms with van der Waals surface area (Å²) in [4.78, 5) is 31.7. The normalized spacial score (nSPS) is 17.9. The van der Waals surface area contributed by atoms with Crippen molar-refractivity contribution in [3.05, 3.63) is 115 Å². The second-order valence-electron chi connectivity index (χ2n) is 13.1. The monoisotopic (exact) mass is 896 g/mol. The Balaban J connectivity index is 1.37. The van der Waals surface area contributed by atoms with Crippen LogP contribution in [0, 0.1) is 0 Å². The van der Waals surface area contributed by atoms with Crippen LogP contribution in [0.4, 0.5) is 0 Å². The second kappa shape index (κ2) is 18.6. The molecular formula is C42H40Br2Cl2N2O4S. The molecule has 2 unspecified atom stereocenters. The minimum atomic E-state index is -0.173. The fourth-order valence-corrected chi connectivity index (χ4v) is 9.69. The maximum atomic E-state index is 13.3. The molecule has 276 valence electrons. The third-order valence-electron chi connectivity index (χ3n) is 9.84. The predicted molar refractivity (Wildman–Crippen MR) is 224 cm³/mol. The average molecular weight is 900 g/mol. The van der Waals surface area contributed by atoms with E-state index in [0.29, 0.717) is 23.1 Å². The molecule has 0 radical (unpaired) electrons. The van der Waals surface area contributed by atoms with E-state index in [2.05, 4.69) is 31.9 Å². The fraction of sp³-hybridized carbons (Fsp3) is 0.286. The topological polar surface area (TPSA) is 81.1 Å². The SMILES string of the molecule is O=C(C=Cc1ccc(Sc2ccc(C=CC(=O)N3CCCCC3CO)c(-c3ccccc3Br)c2Cl)c(Cl)c1-c1ccccc1Br)N1CCCCC1CO. The molecule has 2 aliphatic rings. The Morgan fingerprint density at radius 3 is 1.47 bits per heavy atom. The maximum Gasteiger partial charge on any atom is 0.246 e. The number of hydrogen-bond acceptors (Lipinski definition) is 5. The first-order valence-electron chi connectivity index (χ1n) is 17.7. The van der Waals surface area contributed by atoms with Gasteiger partial charge in [0.2, 0.25) is 11.8 Å². The summed E-state index contributed by atoms with van der Waals surface area (Å²) < 4.78 is 1.72. The molecule has 2 amide bonds. The molecule has 53 heavy (non-hydrogen) atoms. The molecule has 2 saturated heterocycles. The number of rotatable bonds is 10. The van der Waals surface area contributed by atoms with E-state index in [1.807, 2.05) is 72.8 Å². The Labute approximate surface area is 342 Å². The lowest BCUT2D eigenvalue weighted by Crippen LogP contribution is -2.44.